The van der Waals surface area contributed by atoms with E-state index in [1.807, 2.05) is 0 Å². The molecule has 3 nitrogen and oxygen atoms in total. The predicted molar refractivity (Wildman–Crippen MR) is 68.3 cm³/mol. The van der Waals surface area contributed by atoms with Crippen molar-refractivity contribution in [2.75, 3.05) is 19.8 Å². The summed E-state index contributed by atoms with van der Waals surface area (Å²) in [7, 11) is 0. The lowest BCUT2D eigenvalue weighted by molar-refractivity contribution is -0.0966. The van der Waals surface area contributed by atoms with E-state index in [2.05, 4.69) is 35.2 Å². The number of epoxide rings is 1. The van der Waals surface area contributed by atoms with Crippen LogP contribution in [-0.4, -0.2) is 42.4 Å². The van der Waals surface area contributed by atoms with Crippen LogP contribution in [0.3, 0.4) is 0 Å². The summed E-state index contributed by atoms with van der Waals surface area (Å²) < 4.78 is 11.4. The molecule has 3 aliphatic rings. The molecule has 2 atom stereocenters. The molecule has 0 radical (unpaired) electrons. The number of hydrogen-bond acceptors (Lipinski definition) is 3. The summed E-state index contributed by atoms with van der Waals surface area (Å²) in [6, 6.07) is 11.8. The molecule has 2 unspecified atom stereocenters. The second kappa shape index (κ2) is 4.05. The maximum atomic E-state index is 5.73. The summed E-state index contributed by atoms with van der Waals surface area (Å²) in [4.78, 5) is 2.63. The number of nitrogens with zero attached hydrogens (tertiary/aromatic N) is 1. The first-order valence-corrected chi connectivity index (χ1v) is 6.86. The lowest BCUT2D eigenvalue weighted by Gasteiger charge is -2.48. The average Bonchev–Trinajstić information content (AvgIpc) is 3.12. The van der Waals surface area contributed by atoms with Gasteiger partial charge in [-0.1, -0.05) is 30.3 Å². The number of ether oxygens (including phenoxy) is 2. The number of hydrogen-bond donors (Lipinski definition) is 0. The first kappa shape index (κ1) is 11.0. The van der Waals surface area contributed by atoms with E-state index in [-0.39, 0.29) is 5.60 Å². The van der Waals surface area contributed by atoms with Crippen LogP contribution in [0.25, 0.3) is 0 Å². The fourth-order valence-corrected chi connectivity index (χ4v) is 3.51. The van der Waals surface area contributed by atoms with Crippen LogP contribution in [0, 0.1) is 0 Å². The first-order valence-electron chi connectivity index (χ1n) is 6.86. The molecule has 1 aromatic rings. The van der Waals surface area contributed by atoms with Crippen LogP contribution in [0.2, 0.25) is 0 Å². The molecule has 18 heavy (non-hydrogen) atoms. The number of benzene rings is 1. The molecule has 3 fully saturated rings. The largest absolute Gasteiger partial charge is 0.378 e. The molecule has 0 amide bonds. The second-order valence-electron chi connectivity index (χ2n) is 5.88. The highest BCUT2D eigenvalue weighted by molar-refractivity contribution is 5.16. The number of fused-ring (bicyclic) bond motifs is 2. The second-order valence-corrected chi connectivity index (χ2v) is 5.88. The molecule has 0 aliphatic carbocycles. The van der Waals surface area contributed by atoms with Crippen LogP contribution in [0.5, 0.6) is 0 Å². The Balaban J connectivity index is 1.54. The van der Waals surface area contributed by atoms with E-state index in [1.54, 1.807) is 0 Å². The third kappa shape index (κ3) is 1.87. The van der Waals surface area contributed by atoms with Gasteiger partial charge in [-0.05, 0) is 18.4 Å². The van der Waals surface area contributed by atoms with Crippen molar-refractivity contribution >= 4 is 0 Å². The van der Waals surface area contributed by atoms with Gasteiger partial charge in [-0.2, -0.15) is 0 Å². The van der Waals surface area contributed by atoms with Gasteiger partial charge in [0.25, 0.3) is 0 Å². The molecule has 3 heterocycles. The Morgan fingerprint density at radius 2 is 1.78 bits per heavy atom. The predicted octanol–water partition coefficient (Wildman–Crippen LogP) is 1.82. The van der Waals surface area contributed by atoms with Gasteiger partial charge in [-0.15, -0.1) is 0 Å². The maximum Gasteiger partial charge on any atom is 0.0948 e. The van der Waals surface area contributed by atoms with E-state index < -0.39 is 0 Å². The molecule has 4 rings (SSSR count). The lowest BCUT2D eigenvalue weighted by Crippen LogP contribution is -2.58. The van der Waals surface area contributed by atoms with Crippen LogP contribution in [0.1, 0.15) is 18.4 Å². The highest BCUT2D eigenvalue weighted by Gasteiger charge is 2.54. The Morgan fingerprint density at radius 1 is 1.11 bits per heavy atom. The fraction of sp³-hybridized carbons (Fsp3) is 0.600. The van der Waals surface area contributed by atoms with Crippen molar-refractivity contribution in [3.63, 3.8) is 0 Å². The smallest absolute Gasteiger partial charge is 0.0948 e. The molecular weight excluding hydrogens is 226 g/mol. The van der Waals surface area contributed by atoms with Crippen molar-refractivity contribution in [2.24, 2.45) is 0 Å². The van der Waals surface area contributed by atoms with Crippen molar-refractivity contribution < 1.29 is 9.47 Å². The third-order valence-corrected chi connectivity index (χ3v) is 4.53. The van der Waals surface area contributed by atoms with Gasteiger partial charge in [0.15, 0.2) is 0 Å². The SMILES string of the molecule is c1ccc(CN2C3COCC2CC2(CO2)C3)cc1. The molecule has 1 aromatic carbocycles. The highest BCUT2D eigenvalue weighted by Crippen LogP contribution is 2.45. The normalized spacial score (nSPS) is 38.9. The zero-order valence-corrected chi connectivity index (χ0v) is 10.5. The maximum absolute atomic E-state index is 5.73. The minimum absolute atomic E-state index is 0.228. The first-order chi connectivity index (χ1) is 8.85. The van der Waals surface area contributed by atoms with Crippen molar-refractivity contribution in [3.8, 4) is 0 Å². The summed E-state index contributed by atoms with van der Waals surface area (Å²) in [5, 5.41) is 0. The molecular formula is C15H19NO2. The Labute approximate surface area is 108 Å². The summed E-state index contributed by atoms with van der Waals surface area (Å²) >= 11 is 0. The van der Waals surface area contributed by atoms with Crippen molar-refractivity contribution in [1.29, 1.82) is 0 Å². The van der Waals surface area contributed by atoms with Gasteiger partial charge in [-0.25, -0.2) is 0 Å². The third-order valence-electron chi connectivity index (χ3n) is 4.53. The minimum Gasteiger partial charge on any atom is -0.378 e. The van der Waals surface area contributed by atoms with Gasteiger partial charge in [-0.3, -0.25) is 4.90 Å². The van der Waals surface area contributed by atoms with Gasteiger partial charge < -0.3 is 9.47 Å². The Hall–Kier alpha value is -0.900. The number of rotatable bonds is 2. The minimum atomic E-state index is 0.228. The summed E-state index contributed by atoms with van der Waals surface area (Å²) in [5.74, 6) is 0. The number of piperidine rings is 1. The zero-order chi connectivity index (χ0) is 12.0. The van der Waals surface area contributed by atoms with E-state index in [1.165, 1.54) is 5.56 Å². The van der Waals surface area contributed by atoms with Gasteiger partial charge in [0.2, 0.25) is 0 Å². The summed E-state index contributed by atoms with van der Waals surface area (Å²) in [6.07, 6.45) is 2.30. The molecule has 2 bridgehead atoms. The molecule has 3 heteroatoms. The van der Waals surface area contributed by atoms with E-state index in [9.17, 15) is 0 Å². The van der Waals surface area contributed by atoms with Crippen molar-refractivity contribution in [2.45, 2.75) is 37.1 Å². The van der Waals surface area contributed by atoms with E-state index in [0.29, 0.717) is 12.1 Å². The van der Waals surface area contributed by atoms with Crippen LogP contribution < -0.4 is 0 Å². The van der Waals surface area contributed by atoms with Crippen LogP contribution in [0.15, 0.2) is 30.3 Å². The quantitative estimate of drug-likeness (QED) is 0.743. The highest BCUT2D eigenvalue weighted by atomic mass is 16.6. The van der Waals surface area contributed by atoms with E-state index in [4.69, 9.17) is 9.47 Å². The Morgan fingerprint density at radius 3 is 2.39 bits per heavy atom. The van der Waals surface area contributed by atoms with E-state index in [0.717, 1.165) is 39.2 Å². The topological polar surface area (TPSA) is 25.0 Å². The Kier molecular flexibility index (Phi) is 2.47. The van der Waals surface area contributed by atoms with Gasteiger partial charge in [0.05, 0.1) is 25.4 Å². The van der Waals surface area contributed by atoms with Crippen LogP contribution in [-0.2, 0) is 16.0 Å². The van der Waals surface area contributed by atoms with E-state index >= 15 is 0 Å². The molecule has 3 aliphatic heterocycles. The van der Waals surface area contributed by atoms with Crippen molar-refractivity contribution in [1.82, 2.24) is 4.90 Å². The standard InChI is InChI=1S/C15H19NO2/c1-2-4-12(5-3-1)8-16-13-6-15(11-18-15)7-14(16)10-17-9-13/h1-5,13-14H,6-11H2. The lowest BCUT2D eigenvalue weighted by atomic mass is 9.85. The molecule has 0 saturated carbocycles. The van der Waals surface area contributed by atoms with Crippen LogP contribution in [0.4, 0.5) is 0 Å². The molecule has 1 spiro atoms. The average molecular weight is 245 g/mol. The molecule has 96 valence electrons. The van der Waals surface area contributed by atoms with Gasteiger partial charge >= 0.3 is 0 Å². The van der Waals surface area contributed by atoms with Gasteiger partial charge in [0.1, 0.15) is 0 Å². The zero-order valence-electron chi connectivity index (χ0n) is 10.5. The fourth-order valence-electron chi connectivity index (χ4n) is 3.51. The van der Waals surface area contributed by atoms with Crippen LogP contribution >= 0.6 is 0 Å². The molecule has 0 aromatic heterocycles. The number of morpholine rings is 1. The van der Waals surface area contributed by atoms with Crippen molar-refractivity contribution in [3.05, 3.63) is 35.9 Å². The molecule has 3 saturated heterocycles. The summed E-state index contributed by atoms with van der Waals surface area (Å²) in [6.45, 7) is 3.76. The monoisotopic (exact) mass is 245 g/mol. The summed E-state index contributed by atoms with van der Waals surface area (Å²) in [5.41, 5.74) is 1.63. The Bertz CT molecular complexity index is 413. The van der Waals surface area contributed by atoms with Gasteiger partial charge in [0, 0.05) is 18.6 Å². The molecule has 0 N–H and O–H groups in total.